The third kappa shape index (κ3) is 9.59. The second-order valence-electron chi connectivity index (χ2n) is 12.5. The number of nitrogens with zero attached hydrogens (tertiary/aromatic N) is 2. The number of para-hydroxylation sites is 1. The van der Waals surface area contributed by atoms with Gasteiger partial charge in [0.25, 0.3) is 11.8 Å². The fourth-order valence-corrected chi connectivity index (χ4v) is 5.11. The number of alkyl carbamates (subject to hydrolysis) is 1. The number of halogens is 1. The van der Waals surface area contributed by atoms with E-state index in [9.17, 15) is 19.2 Å². The molecule has 0 bridgehead atoms. The summed E-state index contributed by atoms with van der Waals surface area (Å²) in [5.74, 6) is -0.573. The molecule has 2 atom stereocenters. The van der Waals surface area contributed by atoms with Crippen molar-refractivity contribution in [3.8, 4) is 5.75 Å². The van der Waals surface area contributed by atoms with Crippen molar-refractivity contribution in [2.24, 2.45) is 5.41 Å². The van der Waals surface area contributed by atoms with Crippen LogP contribution in [0.5, 0.6) is 5.75 Å². The zero-order valence-electron chi connectivity index (χ0n) is 26.5. The van der Waals surface area contributed by atoms with E-state index >= 15 is 0 Å². The first-order valence-corrected chi connectivity index (χ1v) is 15.1. The monoisotopic (exact) mass is 629 g/mol. The molecule has 3 N–H and O–H groups in total. The van der Waals surface area contributed by atoms with Crippen LogP contribution in [0.4, 0.5) is 10.5 Å². The Kier molecular flexibility index (Phi) is 11.6. The third-order valence-electron chi connectivity index (χ3n) is 6.93. The molecule has 2 unspecified atom stereocenters. The molecule has 0 aliphatic carbocycles. The summed E-state index contributed by atoms with van der Waals surface area (Å²) in [5.41, 5.74) is -0.318. The highest BCUT2D eigenvalue weighted by Gasteiger charge is 2.46. The van der Waals surface area contributed by atoms with Gasteiger partial charge in [0.15, 0.2) is 0 Å². The Bertz CT molecular complexity index is 1330. The predicted octanol–water partition coefficient (Wildman–Crippen LogP) is 4.55. The first kappa shape index (κ1) is 34.7. The highest BCUT2D eigenvalue weighted by Crippen LogP contribution is 2.29. The smallest absolute Gasteiger partial charge is 0.407 e. The molecule has 240 valence electrons. The van der Waals surface area contributed by atoms with Gasteiger partial charge in [-0.25, -0.2) is 14.8 Å². The van der Waals surface area contributed by atoms with Gasteiger partial charge in [-0.1, -0.05) is 43.6 Å². The van der Waals surface area contributed by atoms with Crippen LogP contribution < -0.4 is 25.7 Å². The molecule has 3 rings (SSSR count). The van der Waals surface area contributed by atoms with Gasteiger partial charge < -0.3 is 25.4 Å². The molecular weight excluding hydrogens is 586 g/mol. The first-order chi connectivity index (χ1) is 20.6. The number of carbonyl (C=O) groups excluding carboxylic acids is 4. The van der Waals surface area contributed by atoms with Crippen molar-refractivity contribution in [3.63, 3.8) is 0 Å². The van der Waals surface area contributed by atoms with Gasteiger partial charge >= 0.3 is 6.09 Å². The molecule has 1 aliphatic rings. The number of hydrogen-bond donors (Lipinski definition) is 3. The van der Waals surface area contributed by atoms with Crippen LogP contribution in [0.25, 0.3) is 0 Å². The summed E-state index contributed by atoms with van der Waals surface area (Å²) in [5, 5.41) is 12.3. The van der Waals surface area contributed by atoms with Crippen molar-refractivity contribution in [3.05, 3.63) is 59.1 Å². The van der Waals surface area contributed by atoms with E-state index < -0.39 is 29.2 Å². The number of nitrogens with one attached hydrogen (secondary N) is 3. The molecule has 12 heteroatoms. The van der Waals surface area contributed by atoms with E-state index in [0.717, 1.165) is 0 Å². The van der Waals surface area contributed by atoms with Crippen LogP contribution in [0, 0.1) is 5.41 Å². The lowest BCUT2D eigenvalue weighted by Gasteiger charge is -2.29. The largest absolute Gasteiger partial charge is 0.493 e. The van der Waals surface area contributed by atoms with E-state index in [1.165, 1.54) is 5.01 Å². The molecule has 2 aromatic rings. The van der Waals surface area contributed by atoms with Gasteiger partial charge in [-0.05, 0) is 69.9 Å². The molecule has 2 aromatic carbocycles. The zero-order chi connectivity index (χ0) is 32.7. The summed E-state index contributed by atoms with van der Waals surface area (Å²) in [6.45, 7) is 11.7. The second kappa shape index (κ2) is 14.8. The molecule has 44 heavy (non-hydrogen) atoms. The molecule has 11 nitrogen and oxygen atoms in total. The van der Waals surface area contributed by atoms with E-state index in [2.05, 4.69) is 16.0 Å². The van der Waals surface area contributed by atoms with Crippen LogP contribution in [0.15, 0.2) is 48.5 Å². The minimum Gasteiger partial charge on any atom is -0.493 e. The van der Waals surface area contributed by atoms with E-state index in [1.54, 1.807) is 51.0 Å². The van der Waals surface area contributed by atoms with E-state index in [0.29, 0.717) is 35.1 Å². The van der Waals surface area contributed by atoms with Crippen molar-refractivity contribution in [2.75, 3.05) is 31.8 Å². The Balaban J connectivity index is 1.68. The Morgan fingerprint density at radius 3 is 2.32 bits per heavy atom. The molecule has 0 saturated carbocycles. The number of amides is 4. The highest BCUT2D eigenvalue weighted by atomic mass is 35.5. The summed E-state index contributed by atoms with van der Waals surface area (Å²) < 4.78 is 10.9. The Morgan fingerprint density at radius 2 is 1.68 bits per heavy atom. The molecule has 1 heterocycles. The fourth-order valence-electron chi connectivity index (χ4n) is 4.94. The van der Waals surface area contributed by atoms with Gasteiger partial charge in [-0.3, -0.25) is 14.4 Å². The van der Waals surface area contributed by atoms with Gasteiger partial charge in [0.1, 0.15) is 17.4 Å². The maximum Gasteiger partial charge on any atom is 0.407 e. The van der Waals surface area contributed by atoms with Crippen molar-refractivity contribution in [1.29, 1.82) is 0 Å². The molecule has 0 aromatic heterocycles. The van der Waals surface area contributed by atoms with Crippen molar-refractivity contribution in [2.45, 2.75) is 72.1 Å². The van der Waals surface area contributed by atoms with Crippen molar-refractivity contribution in [1.82, 2.24) is 21.0 Å². The number of benzene rings is 2. The minimum atomic E-state index is -0.862. The average molecular weight is 630 g/mol. The Hall–Kier alpha value is -3.83. The lowest BCUT2D eigenvalue weighted by molar-refractivity contribution is -0.128. The van der Waals surface area contributed by atoms with E-state index in [4.69, 9.17) is 21.1 Å². The minimum absolute atomic E-state index is 0.0445. The number of hydrazine groups is 1. The summed E-state index contributed by atoms with van der Waals surface area (Å²) in [6, 6.07) is 12.7. The van der Waals surface area contributed by atoms with Gasteiger partial charge in [-0.15, -0.1) is 0 Å². The fraction of sp³-hybridized carbons (Fsp3) is 0.500. The van der Waals surface area contributed by atoms with E-state index in [-0.39, 0.29) is 37.2 Å². The third-order valence-corrected chi connectivity index (χ3v) is 7.17. The summed E-state index contributed by atoms with van der Waals surface area (Å²) in [4.78, 5) is 52.2. The lowest BCUT2D eigenvalue weighted by atomic mass is 9.88. The number of ether oxygens (including phenoxy) is 2. The summed E-state index contributed by atoms with van der Waals surface area (Å²) >= 11 is 6.11. The quantitative estimate of drug-likeness (QED) is 0.314. The molecule has 1 fully saturated rings. The summed E-state index contributed by atoms with van der Waals surface area (Å²) in [7, 11) is 1.78. The number of hydrogen-bond acceptors (Lipinski definition) is 7. The van der Waals surface area contributed by atoms with Crippen LogP contribution in [0.1, 0.15) is 64.7 Å². The maximum atomic E-state index is 13.7. The molecule has 0 radical (unpaired) electrons. The lowest BCUT2D eigenvalue weighted by Crippen LogP contribution is -2.49. The van der Waals surface area contributed by atoms with Crippen LogP contribution >= 0.6 is 11.6 Å². The van der Waals surface area contributed by atoms with E-state index in [1.807, 2.05) is 51.1 Å². The number of anilines is 1. The molecular formula is C32H44ClN5O6. The second-order valence-corrected chi connectivity index (χ2v) is 12.9. The number of carbonyl (C=O) groups is 4. The van der Waals surface area contributed by atoms with Gasteiger partial charge in [0, 0.05) is 31.6 Å². The van der Waals surface area contributed by atoms with Crippen LogP contribution in [0.2, 0.25) is 5.02 Å². The molecule has 4 amide bonds. The molecule has 1 saturated heterocycles. The number of rotatable bonds is 12. The van der Waals surface area contributed by atoms with Crippen molar-refractivity contribution >= 4 is 41.1 Å². The molecule has 1 aliphatic heterocycles. The molecule has 0 spiro atoms. The standard InChI is InChI=1S/C32H44ClN5O6/c1-8-43-25-15-14-21(33)18-23(25)28(40)35-20-32(5,6)19-26(39)36-27-24(16-17-34-30(42)44-31(2,3)4)37(7)38(29(27)41)22-12-10-9-11-13-22/h9-15,18,24,27H,8,16-17,19-20H2,1-7H3,(H,34,42)(H,35,40)(H,36,39). The average Bonchev–Trinajstić information content (AvgIpc) is 3.15. The van der Waals surface area contributed by atoms with Crippen LogP contribution in [0.3, 0.4) is 0 Å². The predicted molar refractivity (Wildman–Crippen MR) is 170 cm³/mol. The van der Waals surface area contributed by atoms with Crippen LogP contribution in [-0.2, 0) is 14.3 Å². The maximum absolute atomic E-state index is 13.7. The van der Waals surface area contributed by atoms with Crippen molar-refractivity contribution < 1.29 is 28.7 Å². The topological polar surface area (TPSA) is 129 Å². The van der Waals surface area contributed by atoms with Gasteiger partial charge in [0.05, 0.1) is 23.9 Å². The van der Waals surface area contributed by atoms with Gasteiger partial charge in [-0.2, -0.15) is 0 Å². The normalized spacial score (nSPS) is 17.3. The van der Waals surface area contributed by atoms with Gasteiger partial charge in [0.2, 0.25) is 5.91 Å². The SMILES string of the molecule is CCOc1ccc(Cl)cc1C(=O)NCC(C)(C)CC(=O)NC1C(=O)N(c2ccccc2)N(C)C1CCNC(=O)OC(C)(C)C. The summed E-state index contributed by atoms with van der Waals surface area (Å²) in [6.07, 6.45) is -0.139. The Morgan fingerprint density at radius 1 is 1.00 bits per heavy atom. The van der Waals surface area contributed by atoms with Crippen LogP contribution in [-0.4, -0.2) is 73.3 Å². The number of likely N-dealkylation sites (N-methyl/N-ethyl adjacent to an activating group) is 1. The highest BCUT2D eigenvalue weighted by molar-refractivity contribution is 6.31. The first-order valence-electron chi connectivity index (χ1n) is 14.7. The zero-order valence-corrected chi connectivity index (χ0v) is 27.3. The Labute approximate surface area is 264 Å².